The van der Waals surface area contributed by atoms with Crippen molar-refractivity contribution in [2.75, 3.05) is 13.1 Å². The molecule has 1 aliphatic carbocycles. The predicted octanol–water partition coefficient (Wildman–Crippen LogP) is 5.33. The van der Waals surface area contributed by atoms with Gasteiger partial charge in [0.25, 0.3) is 0 Å². The Bertz CT molecular complexity index is 453. The molecule has 0 spiro atoms. The topological polar surface area (TPSA) is 12.0 Å². The Morgan fingerprint density at radius 2 is 1.95 bits per heavy atom. The van der Waals surface area contributed by atoms with Crippen LogP contribution in [0.25, 0.3) is 0 Å². The highest BCUT2D eigenvalue weighted by Gasteiger charge is 2.32. The lowest BCUT2D eigenvalue weighted by atomic mass is 9.70. The van der Waals surface area contributed by atoms with Gasteiger partial charge in [0, 0.05) is 11.0 Å². The first kappa shape index (κ1) is 17.0. The smallest absolute Gasteiger partial charge is 0.124 e. The number of rotatable bonds is 6. The van der Waals surface area contributed by atoms with Crippen LogP contribution < -0.4 is 5.32 Å². The largest absolute Gasteiger partial charge is 0.316 e. The van der Waals surface area contributed by atoms with E-state index >= 15 is 0 Å². The van der Waals surface area contributed by atoms with Crippen molar-refractivity contribution < 1.29 is 4.39 Å². The molecule has 1 fully saturated rings. The van der Waals surface area contributed by atoms with Crippen LogP contribution in [0.2, 0.25) is 0 Å². The minimum Gasteiger partial charge on any atom is -0.316 e. The van der Waals surface area contributed by atoms with Gasteiger partial charge >= 0.3 is 0 Å². The average Bonchev–Trinajstić information content (AvgIpc) is 2.43. The van der Waals surface area contributed by atoms with Crippen molar-refractivity contribution in [3.05, 3.63) is 34.1 Å². The van der Waals surface area contributed by atoms with E-state index in [1.807, 2.05) is 6.07 Å². The number of nitrogens with one attached hydrogen (secondary N) is 1. The lowest BCUT2D eigenvalue weighted by molar-refractivity contribution is 0.178. The Morgan fingerprint density at radius 1 is 1.24 bits per heavy atom. The number of hydrogen-bond acceptors (Lipinski definition) is 1. The zero-order valence-electron chi connectivity index (χ0n) is 13.2. The Morgan fingerprint density at radius 3 is 2.57 bits per heavy atom. The molecule has 0 amide bonds. The zero-order chi connectivity index (χ0) is 15.3. The molecule has 0 aromatic heterocycles. The van der Waals surface area contributed by atoms with E-state index in [9.17, 15) is 4.39 Å². The van der Waals surface area contributed by atoms with Crippen molar-refractivity contribution in [1.29, 1.82) is 0 Å². The summed E-state index contributed by atoms with van der Waals surface area (Å²) < 4.78 is 14.2. The molecule has 1 aromatic carbocycles. The molecule has 0 saturated heterocycles. The van der Waals surface area contributed by atoms with Crippen molar-refractivity contribution in [3.8, 4) is 0 Å². The Kier molecular flexibility index (Phi) is 6.24. The fourth-order valence-corrected chi connectivity index (χ4v) is 3.90. The molecule has 118 valence electrons. The van der Waals surface area contributed by atoms with Gasteiger partial charge < -0.3 is 5.32 Å². The van der Waals surface area contributed by atoms with E-state index in [2.05, 4.69) is 35.1 Å². The predicted molar refractivity (Wildman–Crippen MR) is 91.0 cm³/mol. The van der Waals surface area contributed by atoms with Gasteiger partial charge in [-0.15, -0.1) is 0 Å². The summed E-state index contributed by atoms with van der Waals surface area (Å²) in [6.07, 6.45) is 7.60. The Labute approximate surface area is 136 Å². The van der Waals surface area contributed by atoms with Gasteiger partial charge in [0.1, 0.15) is 5.82 Å². The molecule has 1 N–H and O–H groups in total. The fraction of sp³-hybridized carbons (Fsp3) is 0.667. The Balaban J connectivity index is 2.08. The summed E-state index contributed by atoms with van der Waals surface area (Å²) in [6.45, 7) is 6.65. The van der Waals surface area contributed by atoms with Gasteiger partial charge in [0.05, 0.1) is 0 Å². The van der Waals surface area contributed by atoms with Crippen LogP contribution in [0.4, 0.5) is 4.39 Å². The number of hydrogen-bond donors (Lipinski definition) is 1. The van der Waals surface area contributed by atoms with Crippen LogP contribution in [0, 0.1) is 17.2 Å². The van der Waals surface area contributed by atoms with Crippen LogP contribution in [0.3, 0.4) is 0 Å². The quantitative estimate of drug-likeness (QED) is 0.727. The molecule has 1 saturated carbocycles. The van der Waals surface area contributed by atoms with Gasteiger partial charge in [0.15, 0.2) is 0 Å². The van der Waals surface area contributed by atoms with Crippen LogP contribution in [-0.2, 0) is 6.42 Å². The molecule has 3 heteroatoms. The van der Waals surface area contributed by atoms with Crippen molar-refractivity contribution in [3.63, 3.8) is 0 Å². The van der Waals surface area contributed by atoms with Gasteiger partial charge in [-0.05, 0) is 54.8 Å². The maximum Gasteiger partial charge on any atom is 0.124 e. The minimum absolute atomic E-state index is 0.166. The van der Waals surface area contributed by atoms with Gasteiger partial charge in [-0.3, -0.25) is 0 Å². The van der Waals surface area contributed by atoms with Gasteiger partial charge in [-0.2, -0.15) is 0 Å². The summed E-state index contributed by atoms with van der Waals surface area (Å²) in [5, 5.41) is 3.66. The van der Waals surface area contributed by atoms with Gasteiger partial charge in [-0.25, -0.2) is 4.39 Å². The third kappa shape index (κ3) is 5.07. The van der Waals surface area contributed by atoms with Crippen molar-refractivity contribution in [2.45, 2.75) is 52.4 Å². The third-order valence-corrected chi connectivity index (χ3v) is 5.29. The van der Waals surface area contributed by atoms with Crippen LogP contribution >= 0.6 is 15.9 Å². The molecule has 1 aliphatic rings. The molecule has 0 bridgehead atoms. The number of halogens is 2. The molecular formula is C18H27BrFN. The van der Waals surface area contributed by atoms with Crippen molar-refractivity contribution in [2.24, 2.45) is 11.3 Å². The highest BCUT2D eigenvalue weighted by atomic mass is 79.9. The summed E-state index contributed by atoms with van der Waals surface area (Å²) in [7, 11) is 0. The van der Waals surface area contributed by atoms with Gasteiger partial charge in [0.2, 0.25) is 0 Å². The van der Waals surface area contributed by atoms with Crippen molar-refractivity contribution >= 4 is 15.9 Å². The van der Waals surface area contributed by atoms with Crippen LogP contribution in [0.1, 0.15) is 51.5 Å². The molecule has 0 unspecified atom stereocenters. The molecule has 2 rings (SSSR count). The monoisotopic (exact) mass is 355 g/mol. The highest BCUT2D eigenvalue weighted by molar-refractivity contribution is 9.10. The fourth-order valence-electron chi connectivity index (χ4n) is 3.41. The molecule has 0 radical (unpaired) electrons. The highest BCUT2D eigenvalue weighted by Crippen LogP contribution is 2.40. The average molecular weight is 356 g/mol. The second-order valence-electron chi connectivity index (χ2n) is 7.00. The Hall–Kier alpha value is -0.410. The van der Waals surface area contributed by atoms with E-state index in [1.54, 1.807) is 12.1 Å². The second kappa shape index (κ2) is 7.73. The van der Waals surface area contributed by atoms with E-state index in [4.69, 9.17) is 0 Å². The first-order chi connectivity index (χ1) is 10.0. The van der Waals surface area contributed by atoms with Crippen LogP contribution in [0.15, 0.2) is 22.7 Å². The second-order valence-corrected chi connectivity index (χ2v) is 7.85. The third-order valence-electron chi connectivity index (χ3n) is 4.55. The van der Waals surface area contributed by atoms with Crippen LogP contribution in [-0.4, -0.2) is 13.1 Å². The first-order valence-electron chi connectivity index (χ1n) is 8.15. The molecule has 1 aromatic rings. The van der Waals surface area contributed by atoms with Gasteiger partial charge in [-0.1, -0.05) is 55.1 Å². The SMILES string of the molecule is CC(C)CNCC1(Cc2ccc(F)cc2Br)CCCCC1. The van der Waals surface area contributed by atoms with E-state index in [1.165, 1.54) is 37.7 Å². The zero-order valence-corrected chi connectivity index (χ0v) is 14.8. The maximum absolute atomic E-state index is 13.3. The van der Waals surface area contributed by atoms with E-state index < -0.39 is 0 Å². The lowest BCUT2D eigenvalue weighted by Crippen LogP contribution is -2.39. The van der Waals surface area contributed by atoms with Crippen molar-refractivity contribution in [1.82, 2.24) is 5.32 Å². The molecule has 0 heterocycles. The number of benzene rings is 1. The normalized spacial score (nSPS) is 18.1. The summed E-state index contributed by atoms with van der Waals surface area (Å²) in [5.41, 5.74) is 1.58. The summed E-state index contributed by atoms with van der Waals surface area (Å²) in [4.78, 5) is 0. The molecular weight excluding hydrogens is 329 g/mol. The summed E-state index contributed by atoms with van der Waals surface area (Å²) in [6, 6.07) is 5.11. The van der Waals surface area contributed by atoms with E-state index in [-0.39, 0.29) is 5.82 Å². The minimum atomic E-state index is -0.166. The standard InChI is InChI=1S/C18H27BrFN/c1-14(2)12-21-13-18(8-4-3-5-9-18)11-15-6-7-16(20)10-17(15)19/h6-7,10,14,21H,3-5,8-9,11-13H2,1-2H3. The summed E-state index contributed by atoms with van der Waals surface area (Å²) >= 11 is 3.53. The van der Waals surface area contributed by atoms with Crippen LogP contribution in [0.5, 0.6) is 0 Å². The molecule has 0 atom stereocenters. The summed E-state index contributed by atoms with van der Waals surface area (Å²) in [5.74, 6) is 0.518. The first-order valence-corrected chi connectivity index (χ1v) is 8.95. The molecule has 1 nitrogen and oxygen atoms in total. The maximum atomic E-state index is 13.3. The molecule has 21 heavy (non-hydrogen) atoms. The lowest BCUT2D eigenvalue weighted by Gasteiger charge is -2.38. The van der Waals surface area contributed by atoms with E-state index in [0.29, 0.717) is 11.3 Å². The molecule has 0 aliphatic heterocycles. The van der Waals surface area contributed by atoms with E-state index in [0.717, 1.165) is 24.0 Å².